The van der Waals surface area contributed by atoms with E-state index in [1.54, 1.807) is 15.8 Å². The second-order valence-electron chi connectivity index (χ2n) is 11.4. The molecule has 4 heterocycles. The van der Waals surface area contributed by atoms with Crippen LogP contribution in [0.15, 0.2) is 35.5 Å². The fourth-order valence-electron chi connectivity index (χ4n) is 5.57. The summed E-state index contributed by atoms with van der Waals surface area (Å²) in [7, 11) is 1.88. The Morgan fingerprint density at radius 3 is 2.60 bits per heavy atom. The van der Waals surface area contributed by atoms with Crippen LogP contribution in [0, 0.1) is 12.7 Å². The molecule has 0 spiro atoms. The van der Waals surface area contributed by atoms with E-state index >= 15 is 4.39 Å². The molecule has 0 unspecified atom stereocenters. The third-order valence-electron chi connectivity index (χ3n) is 7.50. The van der Waals surface area contributed by atoms with Gasteiger partial charge in [-0.05, 0) is 70.1 Å². The van der Waals surface area contributed by atoms with Crippen LogP contribution in [0.2, 0.25) is 0 Å². The first-order chi connectivity index (χ1) is 19.1. The molecule has 6 rings (SSSR count). The largest absolute Gasteiger partial charge is 0.444 e. The predicted octanol–water partition coefficient (Wildman–Crippen LogP) is 6.27. The van der Waals surface area contributed by atoms with E-state index in [-0.39, 0.29) is 18.0 Å². The highest BCUT2D eigenvalue weighted by molar-refractivity contribution is 7.98. The highest BCUT2D eigenvalue weighted by atomic mass is 32.2. The molecule has 0 radical (unpaired) electrons. The van der Waals surface area contributed by atoms with E-state index in [9.17, 15) is 4.79 Å². The fraction of sp³-hybridized carbons (Fsp3) is 0.414. The maximum absolute atomic E-state index is 16.4. The maximum Gasteiger partial charge on any atom is 0.410 e. The standard InChI is InChI=1S/C29H32FN7O2S/c1-16-13-20-24(23(30)22(16)17-7-8-18-15-31-35(5)21(18)14-17)32-27(40-6)25-26(20)37(34-33-25)19-9-11-36(12-10-19)28(38)39-29(2,3)4/h7-8,13-15,19H,9-12H2,1-6H3. The molecule has 0 atom stereocenters. The van der Waals surface area contributed by atoms with E-state index in [0.717, 1.165) is 27.5 Å². The van der Waals surface area contributed by atoms with Crippen molar-refractivity contribution in [2.75, 3.05) is 19.3 Å². The van der Waals surface area contributed by atoms with Crippen molar-refractivity contribution < 1.29 is 13.9 Å². The molecule has 1 saturated heterocycles. The number of likely N-dealkylation sites (tertiary alicyclic amines) is 1. The molecule has 5 aromatic rings. The number of rotatable bonds is 3. The second kappa shape index (κ2) is 9.72. The summed E-state index contributed by atoms with van der Waals surface area (Å²) in [6.07, 6.45) is 4.80. The Kier molecular flexibility index (Phi) is 6.44. The number of carbonyl (C=O) groups is 1. The number of benzene rings is 2. The first-order valence-corrected chi connectivity index (χ1v) is 14.6. The lowest BCUT2D eigenvalue weighted by atomic mass is 9.96. The van der Waals surface area contributed by atoms with E-state index in [0.29, 0.717) is 52.9 Å². The maximum atomic E-state index is 16.4. The summed E-state index contributed by atoms with van der Waals surface area (Å²) in [5.74, 6) is -0.360. The lowest BCUT2D eigenvalue weighted by Crippen LogP contribution is -2.42. The van der Waals surface area contributed by atoms with Crippen molar-refractivity contribution in [1.29, 1.82) is 0 Å². The lowest BCUT2D eigenvalue weighted by Gasteiger charge is -2.33. The molecule has 208 valence electrons. The number of hydrogen-bond donors (Lipinski definition) is 0. The molecule has 1 aliphatic heterocycles. The summed E-state index contributed by atoms with van der Waals surface area (Å²) in [4.78, 5) is 19.1. The number of hydrogen-bond acceptors (Lipinski definition) is 7. The van der Waals surface area contributed by atoms with Gasteiger partial charge in [-0.3, -0.25) is 4.68 Å². The van der Waals surface area contributed by atoms with Gasteiger partial charge in [0, 0.05) is 36.5 Å². The Hall–Kier alpha value is -3.73. The molecule has 2 aromatic carbocycles. The normalized spacial score (nSPS) is 15.0. The molecule has 1 aliphatic rings. The number of nitrogens with zero attached hydrogens (tertiary/aromatic N) is 7. The summed E-state index contributed by atoms with van der Waals surface area (Å²) in [5, 5.41) is 15.7. The van der Waals surface area contributed by atoms with Crippen molar-refractivity contribution in [1.82, 2.24) is 34.7 Å². The number of aryl methyl sites for hydroxylation is 2. The first kappa shape index (κ1) is 26.5. The Labute approximate surface area is 235 Å². The lowest BCUT2D eigenvalue weighted by molar-refractivity contribution is 0.0185. The summed E-state index contributed by atoms with van der Waals surface area (Å²) in [6.45, 7) is 8.62. The molecule has 0 aliphatic carbocycles. The minimum atomic E-state index is -0.541. The topological polar surface area (TPSA) is 91.0 Å². The van der Waals surface area contributed by atoms with Gasteiger partial charge in [0.15, 0.2) is 5.82 Å². The van der Waals surface area contributed by atoms with Gasteiger partial charge < -0.3 is 9.64 Å². The van der Waals surface area contributed by atoms with Crippen LogP contribution in [0.4, 0.5) is 9.18 Å². The number of ether oxygens (including phenoxy) is 1. The Bertz CT molecular complexity index is 1780. The number of fused-ring (bicyclic) bond motifs is 4. The van der Waals surface area contributed by atoms with Gasteiger partial charge in [-0.15, -0.1) is 16.9 Å². The predicted molar refractivity (Wildman–Crippen MR) is 155 cm³/mol. The van der Waals surface area contributed by atoms with Gasteiger partial charge in [-0.2, -0.15) is 5.10 Å². The summed E-state index contributed by atoms with van der Waals surface area (Å²) >= 11 is 1.43. The monoisotopic (exact) mass is 561 g/mol. The van der Waals surface area contributed by atoms with Crippen LogP contribution in [0.25, 0.3) is 44.0 Å². The van der Waals surface area contributed by atoms with Crippen LogP contribution in [0.5, 0.6) is 0 Å². The average molecular weight is 562 g/mol. The van der Waals surface area contributed by atoms with Crippen molar-refractivity contribution in [3.8, 4) is 11.1 Å². The van der Waals surface area contributed by atoms with Crippen LogP contribution in [0.3, 0.4) is 0 Å². The minimum Gasteiger partial charge on any atom is -0.444 e. The molecule has 0 bridgehead atoms. The molecule has 40 heavy (non-hydrogen) atoms. The van der Waals surface area contributed by atoms with Gasteiger partial charge in [0.1, 0.15) is 27.2 Å². The SMILES string of the molecule is CSc1nc2c(F)c(-c3ccc4cnn(C)c4c3)c(C)cc2c2c1nnn2C1CCN(C(=O)OC(C)(C)C)CC1. The highest BCUT2D eigenvalue weighted by Crippen LogP contribution is 2.39. The fourth-order valence-corrected chi connectivity index (χ4v) is 6.08. The Morgan fingerprint density at radius 2 is 1.90 bits per heavy atom. The smallest absolute Gasteiger partial charge is 0.410 e. The van der Waals surface area contributed by atoms with Crippen LogP contribution in [0.1, 0.15) is 45.2 Å². The third kappa shape index (κ3) is 4.46. The summed E-state index contributed by atoms with van der Waals surface area (Å²) < 4.78 is 25.7. The number of aromatic nitrogens is 6. The summed E-state index contributed by atoms with van der Waals surface area (Å²) in [5.41, 5.74) is 4.25. The zero-order valence-electron chi connectivity index (χ0n) is 23.5. The van der Waals surface area contributed by atoms with Gasteiger partial charge in [0.2, 0.25) is 0 Å². The minimum absolute atomic E-state index is 0.0132. The number of pyridine rings is 1. The zero-order chi connectivity index (χ0) is 28.3. The molecular formula is C29H32FN7O2S. The van der Waals surface area contributed by atoms with Crippen molar-refractivity contribution >= 4 is 50.7 Å². The van der Waals surface area contributed by atoms with Crippen LogP contribution >= 0.6 is 11.8 Å². The molecule has 1 amide bonds. The van der Waals surface area contributed by atoms with E-state index < -0.39 is 5.60 Å². The average Bonchev–Trinajstić information content (AvgIpc) is 3.52. The number of amides is 1. The van der Waals surface area contributed by atoms with Gasteiger partial charge in [-0.1, -0.05) is 17.3 Å². The van der Waals surface area contributed by atoms with E-state index in [1.165, 1.54) is 11.8 Å². The molecular weight excluding hydrogens is 529 g/mol. The van der Waals surface area contributed by atoms with Gasteiger partial charge >= 0.3 is 6.09 Å². The summed E-state index contributed by atoms with van der Waals surface area (Å²) in [6, 6.07) is 7.88. The highest BCUT2D eigenvalue weighted by Gasteiger charge is 2.30. The van der Waals surface area contributed by atoms with Gasteiger partial charge in [-0.25, -0.2) is 18.9 Å². The Balaban J connectivity index is 1.43. The number of piperidine rings is 1. The van der Waals surface area contributed by atoms with Crippen molar-refractivity contribution in [2.24, 2.45) is 7.05 Å². The van der Waals surface area contributed by atoms with E-state index in [4.69, 9.17) is 9.72 Å². The van der Waals surface area contributed by atoms with Gasteiger partial charge in [0.05, 0.1) is 17.8 Å². The molecule has 0 saturated carbocycles. The van der Waals surface area contributed by atoms with Crippen molar-refractivity contribution in [2.45, 2.75) is 57.2 Å². The van der Waals surface area contributed by atoms with Crippen LogP contribution in [-0.4, -0.2) is 65.7 Å². The number of thioether (sulfide) groups is 1. The van der Waals surface area contributed by atoms with E-state index in [1.807, 2.05) is 69.9 Å². The molecule has 9 nitrogen and oxygen atoms in total. The molecule has 11 heteroatoms. The van der Waals surface area contributed by atoms with Gasteiger partial charge in [0.25, 0.3) is 0 Å². The van der Waals surface area contributed by atoms with Crippen LogP contribution < -0.4 is 0 Å². The first-order valence-electron chi connectivity index (χ1n) is 13.4. The molecule has 3 aromatic heterocycles. The quantitative estimate of drug-likeness (QED) is 0.240. The van der Waals surface area contributed by atoms with E-state index in [2.05, 4.69) is 15.4 Å². The van der Waals surface area contributed by atoms with Crippen molar-refractivity contribution in [3.05, 3.63) is 41.8 Å². The third-order valence-corrected chi connectivity index (χ3v) is 8.17. The molecule has 1 fully saturated rings. The second-order valence-corrected chi connectivity index (χ2v) is 12.2. The number of carbonyl (C=O) groups excluding carboxylic acids is 1. The zero-order valence-corrected chi connectivity index (χ0v) is 24.3. The molecule has 0 N–H and O–H groups in total. The van der Waals surface area contributed by atoms with Crippen molar-refractivity contribution in [3.63, 3.8) is 0 Å². The van der Waals surface area contributed by atoms with Crippen LogP contribution in [-0.2, 0) is 11.8 Å². The Morgan fingerprint density at radius 1 is 1.15 bits per heavy atom. The number of halogens is 1.